The second-order valence-corrected chi connectivity index (χ2v) is 9.41. The van der Waals surface area contributed by atoms with E-state index in [9.17, 15) is 4.79 Å². The van der Waals surface area contributed by atoms with Crippen LogP contribution < -0.4 is 15.0 Å². The molecule has 0 aliphatic carbocycles. The highest BCUT2D eigenvalue weighted by atomic mass is 16.5. The van der Waals surface area contributed by atoms with Crippen LogP contribution in [0.25, 0.3) is 10.9 Å². The molecule has 0 fully saturated rings. The van der Waals surface area contributed by atoms with Crippen LogP contribution in [0.2, 0.25) is 0 Å². The van der Waals surface area contributed by atoms with Crippen molar-refractivity contribution in [2.45, 2.75) is 39.0 Å². The van der Waals surface area contributed by atoms with E-state index in [1.54, 1.807) is 20.3 Å². The van der Waals surface area contributed by atoms with E-state index in [0.29, 0.717) is 42.2 Å². The van der Waals surface area contributed by atoms with E-state index in [0.717, 1.165) is 28.8 Å². The fourth-order valence-electron chi connectivity index (χ4n) is 4.93. The van der Waals surface area contributed by atoms with Crippen LogP contribution in [-0.2, 0) is 19.6 Å². The number of fused-ring (bicyclic) bond motifs is 1. The van der Waals surface area contributed by atoms with Crippen LogP contribution in [0, 0.1) is 0 Å². The highest BCUT2D eigenvalue weighted by Gasteiger charge is 2.26. The quantitative estimate of drug-likeness (QED) is 0.267. The largest absolute Gasteiger partial charge is 0.493 e. The van der Waals surface area contributed by atoms with E-state index < -0.39 is 0 Å². The van der Waals surface area contributed by atoms with Gasteiger partial charge < -0.3 is 14.5 Å². The number of ether oxygens (including phenoxy) is 2. The van der Waals surface area contributed by atoms with E-state index in [2.05, 4.69) is 56.6 Å². The minimum Gasteiger partial charge on any atom is -0.493 e. The summed E-state index contributed by atoms with van der Waals surface area (Å²) >= 11 is 0. The van der Waals surface area contributed by atoms with Gasteiger partial charge in [0, 0.05) is 30.1 Å². The first-order valence-electron chi connectivity index (χ1n) is 13.0. The summed E-state index contributed by atoms with van der Waals surface area (Å²) < 4.78 is 12.7. The number of aromatic nitrogens is 5. The first kappa shape index (κ1) is 26.1. The summed E-state index contributed by atoms with van der Waals surface area (Å²) in [5, 5.41) is 13.6. The number of tetrazole rings is 1. The number of nitrogens with zero attached hydrogens (tertiary/aromatic N) is 5. The van der Waals surface area contributed by atoms with Crippen molar-refractivity contribution in [3.8, 4) is 11.5 Å². The monoisotopic (exact) mass is 524 g/mol. The topological polar surface area (TPSA) is 98.2 Å². The maximum absolute atomic E-state index is 13.3. The maximum atomic E-state index is 13.3. The molecule has 2 aromatic heterocycles. The molecule has 39 heavy (non-hydrogen) atoms. The van der Waals surface area contributed by atoms with E-state index in [1.807, 2.05) is 53.2 Å². The molecule has 0 saturated carbocycles. The van der Waals surface area contributed by atoms with Crippen molar-refractivity contribution in [2.75, 3.05) is 14.2 Å². The molecule has 0 aliphatic heterocycles. The Morgan fingerprint density at radius 1 is 0.897 bits per heavy atom. The maximum Gasteiger partial charge on any atom is 0.252 e. The van der Waals surface area contributed by atoms with Crippen LogP contribution in [0.15, 0.2) is 83.7 Å². The first-order valence-corrected chi connectivity index (χ1v) is 13.0. The number of methoxy groups -OCH3 is 2. The minimum absolute atomic E-state index is 0.121. The molecule has 1 atom stereocenters. The molecule has 9 nitrogen and oxygen atoms in total. The third-order valence-electron chi connectivity index (χ3n) is 6.89. The highest BCUT2D eigenvalue weighted by Crippen LogP contribution is 2.32. The number of nitrogens with one attached hydrogen (secondary N) is 1. The Labute approximate surface area is 227 Å². The van der Waals surface area contributed by atoms with Gasteiger partial charge in [0.15, 0.2) is 17.3 Å². The molecule has 2 heterocycles. The summed E-state index contributed by atoms with van der Waals surface area (Å²) in [6, 6.07) is 25.8. The molecular weight excluding hydrogens is 492 g/mol. The molecule has 9 heteroatoms. The average molecular weight is 525 g/mol. The van der Waals surface area contributed by atoms with Gasteiger partial charge in [0.2, 0.25) is 0 Å². The zero-order chi connectivity index (χ0) is 27.2. The number of pyridine rings is 1. The van der Waals surface area contributed by atoms with Crippen molar-refractivity contribution in [3.05, 3.63) is 112 Å². The van der Waals surface area contributed by atoms with Crippen LogP contribution in [0.3, 0.4) is 0 Å². The standard InChI is InChI=1S/C30H32N6O3/c1-4-26(29-32-33-34-36(29)19-22-13-9-6-10-14-22)35(18-21-11-7-5-8-12-21)20-24-15-23-16-27(38-2)28(39-3)17-25(23)31-30(24)37/h5-17,26H,4,18-20H2,1-3H3,(H,31,37)/t26-/m0/s1. The zero-order valence-electron chi connectivity index (χ0n) is 22.4. The number of benzene rings is 3. The normalized spacial score (nSPS) is 12.1. The van der Waals surface area contributed by atoms with Gasteiger partial charge in [-0.25, -0.2) is 4.68 Å². The van der Waals surface area contributed by atoms with Crippen LogP contribution in [0.5, 0.6) is 11.5 Å². The Kier molecular flexibility index (Phi) is 7.98. The van der Waals surface area contributed by atoms with Crippen molar-refractivity contribution in [1.82, 2.24) is 30.1 Å². The zero-order valence-corrected chi connectivity index (χ0v) is 22.4. The number of rotatable bonds is 11. The van der Waals surface area contributed by atoms with Crippen LogP contribution >= 0.6 is 0 Å². The summed E-state index contributed by atoms with van der Waals surface area (Å²) in [5.41, 5.74) is 3.44. The number of aromatic amines is 1. The lowest BCUT2D eigenvalue weighted by molar-refractivity contribution is 0.161. The van der Waals surface area contributed by atoms with Crippen molar-refractivity contribution in [2.24, 2.45) is 0 Å². The molecule has 1 N–H and O–H groups in total. The van der Waals surface area contributed by atoms with Gasteiger partial charge in [0.1, 0.15) is 0 Å². The summed E-state index contributed by atoms with van der Waals surface area (Å²) in [6.45, 7) is 3.72. The number of hydrogen-bond acceptors (Lipinski definition) is 7. The second-order valence-electron chi connectivity index (χ2n) is 9.41. The molecule has 5 rings (SSSR count). The predicted octanol–water partition coefficient (Wildman–Crippen LogP) is 4.73. The molecule has 0 aliphatic rings. The fourth-order valence-corrected chi connectivity index (χ4v) is 4.93. The fraction of sp³-hybridized carbons (Fsp3) is 0.267. The smallest absolute Gasteiger partial charge is 0.252 e. The van der Waals surface area contributed by atoms with Crippen LogP contribution in [0.1, 0.15) is 41.9 Å². The van der Waals surface area contributed by atoms with Crippen molar-refractivity contribution < 1.29 is 9.47 Å². The molecule has 3 aromatic carbocycles. The Balaban J connectivity index is 1.53. The molecule has 0 saturated heterocycles. The van der Waals surface area contributed by atoms with Gasteiger partial charge in [-0.15, -0.1) is 5.10 Å². The van der Waals surface area contributed by atoms with Crippen molar-refractivity contribution in [1.29, 1.82) is 0 Å². The van der Waals surface area contributed by atoms with E-state index in [4.69, 9.17) is 9.47 Å². The first-order chi connectivity index (χ1) is 19.1. The molecule has 200 valence electrons. The van der Waals surface area contributed by atoms with Crippen LogP contribution in [-0.4, -0.2) is 44.3 Å². The van der Waals surface area contributed by atoms with Gasteiger partial charge in [-0.2, -0.15) is 0 Å². The molecule has 0 unspecified atom stereocenters. The molecular formula is C30H32N6O3. The SMILES string of the molecule is CC[C@@H](c1nnnn1Cc1ccccc1)N(Cc1ccccc1)Cc1cc2cc(OC)c(OC)cc2[nH]c1=O. The lowest BCUT2D eigenvalue weighted by atomic mass is 10.1. The summed E-state index contributed by atoms with van der Waals surface area (Å²) in [4.78, 5) is 18.6. The number of hydrogen-bond donors (Lipinski definition) is 1. The average Bonchev–Trinajstić information content (AvgIpc) is 3.41. The molecule has 0 amide bonds. The second kappa shape index (κ2) is 11.9. The molecule has 0 bridgehead atoms. The minimum atomic E-state index is -0.147. The molecule has 0 spiro atoms. The van der Waals surface area contributed by atoms with Gasteiger partial charge in [0.25, 0.3) is 5.56 Å². The van der Waals surface area contributed by atoms with E-state index in [1.165, 1.54) is 0 Å². The van der Waals surface area contributed by atoms with Crippen LogP contribution in [0.4, 0.5) is 0 Å². The van der Waals surface area contributed by atoms with Gasteiger partial charge in [-0.05, 0) is 40.1 Å². The lowest BCUT2D eigenvalue weighted by Crippen LogP contribution is -2.32. The molecule has 0 radical (unpaired) electrons. The van der Waals surface area contributed by atoms with E-state index in [-0.39, 0.29) is 11.6 Å². The third kappa shape index (κ3) is 5.83. The van der Waals surface area contributed by atoms with E-state index >= 15 is 0 Å². The number of H-pyrrole nitrogens is 1. The van der Waals surface area contributed by atoms with Crippen molar-refractivity contribution >= 4 is 10.9 Å². The summed E-state index contributed by atoms with van der Waals surface area (Å²) in [5.74, 6) is 1.94. The predicted molar refractivity (Wildman–Crippen MR) is 150 cm³/mol. The Bertz CT molecular complexity index is 1580. The highest BCUT2D eigenvalue weighted by molar-refractivity contribution is 5.83. The lowest BCUT2D eigenvalue weighted by Gasteiger charge is -2.30. The Hall–Kier alpha value is -4.50. The summed E-state index contributed by atoms with van der Waals surface area (Å²) in [7, 11) is 3.18. The van der Waals surface area contributed by atoms with Crippen molar-refractivity contribution in [3.63, 3.8) is 0 Å². The van der Waals surface area contributed by atoms with Gasteiger partial charge >= 0.3 is 0 Å². The molecule has 5 aromatic rings. The Morgan fingerprint density at radius 3 is 2.23 bits per heavy atom. The Morgan fingerprint density at radius 2 is 1.56 bits per heavy atom. The summed E-state index contributed by atoms with van der Waals surface area (Å²) in [6.07, 6.45) is 0.762. The third-order valence-corrected chi connectivity index (χ3v) is 6.89. The van der Waals surface area contributed by atoms with Gasteiger partial charge in [-0.3, -0.25) is 9.69 Å². The van der Waals surface area contributed by atoms with Gasteiger partial charge in [0.05, 0.1) is 32.3 Å². The van der Waals surface area contributed by atoms with Gasteiger partial charge in [-0.1, -0.05) is 67.6 Å².